The summed E-state index contributed by atoms with van der Waals surface area (Å²) >= 11 is 0. The average Bonchev–Trinajstić information content (AvgIpc) is 2.82. The molecule has 2 aliphatic rings. The fourth-order valence-corrected chi connectivity index (χ4v) is 3.54. The Labute approximate surface area is 111 Å². The third kappa shape index (κ3) is 2.87. The van der Waals surface area contributed by atoms with Gasteiger partial charge in [-0.1, -0.05) is 13.3 Å². The first-order valence-electron chi connectivity index (χ1n) is 7.24. The van der Waals surface area contributed by atoms with E-state index in [4.69, 9.17) is 15.2 Å². The van der Waals surface area contributed by atoms with Crippen LogP contribution in [0.5, 0.6) is 0 Å². The lowest BCUT2D eigenvalue weighted by Crippen LogP contribution is -2.50. The van der Waals surface area contributed by atoms with Crippen molar-refractivity contribution in [1.29, 1.82) is 0 Å². The van der Waals surface area contributed by atoms with Crippen LogP contribution in [0.4, 0.5) is 0 Å². The third-order valence-corrected chi connectivity index (χ3v) is 4.87. The summed E-state index contributed by atoms with van der Waals surface area (Å²) in [6.07, 6.45) is 5.37. The summed E-state index contributed by atoms with van der Waals surface area (Å²) in [5.41, 5.74) is 6.33. The average molecular weight is 256 g/mol. The standard InChI is InChI=1S/C14H28N2O2/c1-4-10-5-6-11(15)12(7-10)16-8-13(17-2)14(9-16)18-3/h10-14H,4-9,15H2,1-3H3. The largest absolute Gasteiger partial charge is 0.377 e. The van der Waals surface area contributed by atoms with Crippen molar-refractivity contribution in [2.45, 2.75) is 56.9 Å². The Hall–Kier alpha value is -0.160. The van der Waals surface area contributed by atoms with Crippen molar-refractivity contribution in [3.8, 4) is 0 Å². The molecular weight excluding hydrogens is 228 g/mol. The quantitative estimate of drug-likeness (QED) is 0.822. The van der Waals surface area contributed by atoms with Crippen molar-refractivity contribution in [3.05, 3.63) is 0 Å². The highest BCUT2D eigenvalue weighted by molar-refractivity contribution is 4.95. The maximum absolute atomic E-state index is 6.33. The summed E-state index contributed by atoms with van der Waals surface area (Å²) in [6.45, 7) is 4.21. The molecule has 0 aromatic carbocycles. The Morgan fingerprint density at radius 3 is 2.22 bits per heavy atom. The molecule has 106 valence electrons. The van der Waals surface area contributed by atoms with Crippen molar-refractivity contribution < 1.29 is 9.47 Å². The maximum atomic E-state index is 6.33. The molecule has 4 heteroatoms. The first-order chi connectivity index (χ1) is 8.69. The molecule has 1 heterocycles. The van der Waals surface area contributed by atoms with E-state index in [1.54, 1.807) is 14.2 Å². The van der Waals surface area contributed by atoms with Crippen molar-refractivity contribution in [1.82, 2.24) is 4.90 Å². The van der Waals surface area contributed by atoms with Gasteiger partial charge in [0.25, 0.3) is 0 Å². The van der Waals surface area contributed by atoms with Gasteiger partial charge in [0, 0.05) is 39.4 Å². The number of methoxy groups -OCH3 is 2. The van der Waals surface area contributed by atoms with Crippen LogP contribution >= 0.6 is 0 Å². The smallest absolute Gasteiger partial charge is 0.0971 e. The van der Waals surface area contributed by atoms with Gasteiger partial charge in [-0.3, -0.25) is 4.90 Å². The zero-order valence-electron chi connectivity index (χ0n) is 12.0. The van der Waals surface area contributed by atoms with Crippen LogP contribution < -0.4 is 5.73 Å². The second-order valence-corrected chi connectivity index (χ2v) is 5.82. The first kappa shape index (κ1) is 14.3. The van der Waals surface area contributed by atoms with E-state index < -0.39 is 0 Å². The lowest BCUT2D eigenvalue weighted by atomic mass is 9.81. The fraction of sp³-hybridized carbons (Fsp3) is 1.00. The molecule has 0 aromatic heterocycles. The molecule has 1 saturated heterocycles. The van der Waals surface area contributed by atoms with Gasteiger partial charge in [0.1, 0.15) is 0 Å². The fourth-order valence-electron chi connectivity index (χ4n) is 3.54. The van der Waals surface area contributed by atoms with Gasteiger partial charge in [-0.25, -0.2) is 0 Å². The molecule has 2 fully saturated rings. The number of nitrogens with zero attached hydrogens (tertiary/aromatic N) is 1. The number of hydrogen-bond acceptors (Lipinski definition) is 4. The summed E-state index contributed by atoms with van der Waals surface area (Å²) in [5, 5.41) is 0. The highest BCUT2D eigenvalue weighted by atomic mass is 16.5. The zero-order valence-corrected chi connectivity index (χ0v) is 12.0. The van der Waals surface area contributed by atoms with Crippen molar-refractivity contribution in [2.75, 3.05) is 27.3 Å². The summed E-state index contributed by atoms with van der Waals surface area (Å²) in [6, 6.07) is 0.836. The van der Waals surface area contributed by atoms with Gasteiger partial charge in [-0.2, -0.15) is 0 Å². The Morgan fingerprint density at radius 2 is 1.72 bits per heavy atom. The Balaban J connectivity index is 1.98. The summed E-state index contributed by atoms with van der Waals surface area (Å²) < 4.78 is 11.0. The number of ether oxygens (including phenoxy) is 2. The second kappa shape index (κ2) is 6.33. The van der Waals surface area contributed by atoms with Crippen LogP contribution in [-0.4, -0.2) is 56.5 Å². The van der Waals surface area contributed by atoms with E-state index in [2.05, 4.69) is 11.8 Å². The summed E-state index contributed by atoms with van der Waals surface area (Å²) in [4.78, 5) is 2.49. The monoisotopic (exact) mass is 256 g/mol. The molecule has 1 saturated carbocycles. The van der Waals surface area contributed by atoms with Crippen LogP contribution in [0.2, 0.25) is 0 Å². The molecule has 2 N–H and O–H groups in total. The summed E-state index contributed by atoms with van der Waals surface area (Å²) in [5.74, 6) is 0.845. The van der Waals surface area contributed by atoms with Gasteiger partial charge >= 0.3 is 0 Å². The highest BCUT2D eigenvalue weighted by Crippen LogP contribution is 2.31. The minimum absolute atomic E-state index is 0.198. The van der Waals surface area contributed by atoms with Crippen LogP contribution in [-0.2, 0) is 9.47 Å². The number of hydrogen-bond donors (Lipinski definition) is 1. The van der Waals surface area contributed by atoms with E-state index in [0.29, 0.717) is 12.1 Å². The summed E-state index contributed by atoms with van der Waals surface area (Å²) in [7, 11) is 3.55. The normalized spacial score (nSPS) is 42.3. The van der Waals surface area contributed by atoms with Gasteiger partial charge in [0.2, 0.25) is 0 Å². The maximum Gasteiger partial charge on any atom is 0.0971 e. The van der Waals surface area contributed by atoms with E-state index >= 15 is 0 Å². The molecule has 5 unspecified atom stereocenters. The van der Waals surface area contributed by atoms with E-state index in [9.17, 15) is 0 Å². The number of likely N-dealkylation sites (tertiary alicyclic amines) is 1. The van der Waals surface area contributed by atoms with Gasteiger partial charge < -0.3 is 15.2 Å². The van der Waals surface area contributed by atoms with E-state index in [1.807, 2.05) is 0 Å². The molecule has 0 spiro atoms. The Morgan fingerprint density at radius 1 is 1.11 bits per heavy atom. The lowest BCUT2D eigenvalue weighted by molar-refractivity contribution is -0.00461. The van der Waals surface area contributed by atoms with E-state index in [0.717, 1.165) is 25.4 Å². The predicted molar refractivity (Wildman–Crippen MR) is 72.6 cm³/mol. The number of rotatable bonds is 4. The van der Waals surface area contributed by atoms with Crippen molar-refractivity contribution in [2.24, 2.45) is 11.7 Å². The van der Waals surface area contributed by atoms with Gasteiger partial charge in [-0.15, -0.1) is 0 Å². The zero-order chi connectivity index (χ0) is 13.1. The van der Waals surface area contributed by atoms with Crippen LogP contribution in [0.15, 0.2) is 0 Å². The lowest BCUT2D eigenvalue weighted by Gasteiger charge is -2.39. The molecule has 5 atom stereocenters. The minimum atomic E-state index is 0.198. The highest BCUT2D eigenvalue weighted by Gasteiger charge is 2.40. The Bertz CT molecular complexity index is 250. The van der Waals surface area contributed by atoms with Crippen LogP contribution in [0.3, 0.4) is 0 Å². The van der Waals surface area contributed by atoms with Gasteiger partial charge in [0.15, 0.2) is 0 Å². The van der Waals surface area contributed by atoms with Crippen LogP contribution in [0, 0.1) is 5.92 Å². The minimum Gasteiger partial charge on any atom is -0.377 e. The molecular formula is C14H28N2O2. The molecule has 4 nitrogen and oxygen atoms in total. The third-order valence-electron chi connectivity index (χ3n) is 4.87. The predicted octanol–water partition coefficient (Wildman–Crippen LogP) is 1.24. The van der Waals surface area contributed by atoms with E-state index in [1.165, 1.54) is 19.3 Å². The first-order valence-corrected chi connectivity index (χ1v) is 7.24. The SMILES string of the molecule is CCC1CCC(N)C(N2CC(OC)C(OC)C2)C1. The van der Waals surface area contributed by atoms with Crippen molar-refractivity contribution >= 4 is 0 Å². The molecule has 0 aromatic rings. The van der Waals surface area contributed by atoms with Crippen LogP contribution in [0.1, 0.15) is 32.6 Å². The topological polar surface area (TPSA) is 47.7 Å². The molecule has 0 amide bonds. The van der Waals surface area contributed by atoms with Crippen molar-refractivity contribution in [3.63, 3.8) is 0 Å². The second-order valence-electron chi connectivity index (χ2n) is 5.82. The molecule has 18 heavy (non-hydrogen) atoms. The van der Waals surface area contributed by atoms with E-state index in [-0.39, 0.29) is 12.2 Å². The molecule has 1 aliphatic heterocycles. The molecule has 0 radical (unpaired) electrons. The van der Waals surface area contributed by atoms with Crippen LogP contribution in [0.25, 0.3) is 0 Å². The molecule has 0 bridgehead atoms. The number of nitrogens with two attached hydrogens (primary N) is 1. The molecule has 2 rings (SSSR count). The molecule has 1 aliphatic carbocycles. The Kier molecular flexibility index (Phi) is 5.01. The van der Waals surface area contributed by atoms with Gasteiger partial charge in [-0.05, 0) is 25.2 Å². The van der Waals surface area contributed by atoms with Gasteiger partial charge in [0.05, 0.1) is 12.2 Å².